The van der Waals surface area contributed by atoms with Gasteiger partial charge in [-0.15, -0.1) is 0 Å². The number of aromatic nitrogens is 5. The van der Waals surface area contributed by atoms with Gasteiger partial charge < -0.3 is 9.13 Å². The first-order valence-electron chi connectivity index (χ1n) is 26.4. The summed E-state index contributed by atoms with van der Waals surface area (Å²) in [5, 5.41) is 16.2. The summed E-state index contributed by atoms with van der Waals surface area (Å²) in [4.78, 5) is 16.4. The molecule has 11 aromatic carbocycles. The molecule has 0 atom stereocenters. The molecule has 0 saturated carbocycles. The molecule has 0 fully saturated rings. The van der Waals surface area contributed by atoms with Gasteiger partial charge in [-0.25, -0.2) is 15.0 Å². The van der Waals surface area contributed by atoms with E-state index in [0.717, 1.165) is 60.3 Å². The molecule has 0 aliphatic heterocycles. The molecule has 0 radical (unpaired) electrons. The molecule has 0 unspecified atom stereocenters. The SMILES string of the molecule is Cc1ccc2c(c1)c1cc(C)ccc1n2-c1ccc2c3cc4cc(c5ccccc5c5nc(-c6cccc([Si](c7ccccc7)(c7ccccc7)c7ccccc7)c6)nc(n5)c5ccccc45)c3n(-c3ccccc3)c2c1. The molecule has 0 amide bonds. The minimum atomic E-state index is -2.87. The Balaban J connectivity index is 1.04. The molecule has 0 N–H and O–H groups in total. The van der Waals surface area contributed by atoms with Gasteiger partial charge in [0.2, 0.25) is 0 Å². The minimum Gasteiger partial charge on any atom is -0.309 e. The summed E-state index contributed by atoms with van der Waals surface area (Å²) in [6.07, 6.45) is 0. The van der Waals surface area contributed by atoms with E-state index < -0.39 is 8.07 Å². The number of hydrogen-bond acceptors (Lipinski definition) is 3. The van der Waals surface area contributed by atoms with E-state index >= 15 is 0 Å². The Morgan fingerprint density at radius 3 is 1.38 bits per heavy atom. The summed E-state index contributed by atoms with van der Waals surface area (Å²) < 4.78 is 4.91. The molecule has 0 spiro atoms. The van der Waals surface area contributed by atoms with Gasteiger partial charge >= 0.3 is 0 Å². The second-order valence-electron chi connectivity index (χ2n) is 20.5. The summed E-state index contributed by atoms with van der Waals surface area (Å²) in [7, 11) is -2.87. The molecule has 4 heterocycles. The van der Waals surface area contributed by atoms with Crippen LogP contribution in [0.1, 0.15) is 11.1 Å². The normalized spacial score (nSPS) is 12.0. The van der Waals surface area contributed by atoms with E-state index in [-0.39, 0.29) is 0 Å². The van der Waals surface area contributed by atoms with Gasteiger partial charge in [0.1, 0.15) is 0 Å². The molecule has 15 rings (SSSR count). The lowest BCUT2D eigenvalue weighted by molar-refractivity contribution is 1.16. The van der Waals surface area contributed by atoms with E-state index in [1.54, 1.807) is 0 Å². The number of para-hydroxylation sites is 1. The monoisotopic (exact) mass is 999 g/mol. The third-order valence-electron chi connectivity index (χ3n) is 15.9. The smallest absolute Gasteiger partial charge is 0.179 e. The second kappa shape index (κ2) is 17.7. The number of nitrogens with zero attached hydrogens (tertiary/aromatic N) is 5. The number of aryl methyl sites for hydroxylation is 2. The zero-order valence-electron chi connectivity index (χ0n) is 42.6. The van der Waals surface area contributed by atoms with E-state index in [1.165, 1.54) is 64.5 Å². The largest absolute Gasteiger partial charge is 0.309 e. The van der Waals surface area contributed by atoms with Gasteiger partial charge in [-0.3, -0.25) is 0 Å². The fourth-order valence-electron chi connectivity index (χ4n) is 12.6. The summed E-state index contributed by atoms with van der Waals surface area (Å²) >= 11 is 0. The average Bonchev–Trinajstić information content (AvgIpc) is 4.01. The number of hydrogen-bond donors (Lipinski definition) is 0. The molecular weight excluding hydrogens is 951 g/mol. The molecule has 4 aromatic heterocycles. The Labute approximate surface area is 446 Å². The van der Waals surface area contributed by atoms with E-state index in [0.29, 0.717) is 17.1 Å². The first-order chi connectivity index (χ1) is 38.0. The summed E-state index contributed by atoms with van der Waals surface area (Å²) in [6, 6.07) is 95.8. The van der Waals surface area contributed by atoms with E-state index in [9.17, 15) is 0 Å². The lowest BCUT2D eigenvalue weighted by Crippen LogP contribution is -2.74. The van der Waals surface area contributed by atoms with Crippen LogP contribution in [0.25, 0.3) is 110 Å². The Morgan fingerprint density at radius 1 is 0.299 bits per heavy atom. The van der Waals surface area contributed by atoms with Crippen molar-refractivity contribution in [3.63, 3.8) is 0 Å². The highest BCUT2D eigenvalue weighted by Gasteiger charge is 2.41. The topological polar surface area (TPSA) is 48.5 Å². The van der Waals surface area contributed by atoms with Crippen molar-refractivity contribution in [2.24, 2.45) is 0 Å². The number of benzene rings is 11. The fourth-order valence-corrected chi connectivity index (χ4v) is 17.3. The lowest BCUT2D eigenvalue weighted by atomic mass is 10.00. The molecule has 5 nitrogen and oxygen atoms in total. The summed E-state index contributed by atoms with van der Waals surface area (Å²) in [6.45, 7) is 4.36. The van der Waals surface area contributed by atoms with Crippen LogP contribution in [-0.4, -0.2) is 32.2 Å². The minimum absolute atomic E-state index is 0.625. The molecule has 0 aliphatic rings. The Morgan fingerprint density at radius 2 is 0.792 bits per heavy atom. The summed E-state index contributed by atoms with van der Waals surface area (Å²) in [5.41, 5.74) is 11.5. The van der Waals surface area contributed by atoms with Crippen molar-refractivity contribution >= 4 is 116 Å². The average molecular weight is 1000 g/mol. The van der Waals surface area contributed by atoms with Crippen molar-refractivity contribution in [1.82, 2.24) is 24.1 Å². The third-order valence-corrected chi connectivity index (χ3v) is 20.7. The van der Waals surface area contributed by atoms with Crippen molar-refractivity contribution in [2.75, 3.05) is 0 Å². The fraction of sp³-hybridized carbons (Fsp3) is 0.0282. The van der Waals surface area contributed by atoms with E-state index in [2.05, 4.69) is 284 Å². The van der Waals surface area contributed by atoms with Crippen LogP contribution in [0.4, 0.5) is 0 Å². The van der Waals surface area contributed by atoms with Crippen LogP contribution in [-0.2, 0) is 0 Å². The van der Waals surface area contributed by atoms with Gasteiger partial charge in [-0.05, 0) is 111 Å². The molecule has 77 heavy (non-hydrogen) atoms. The van der Waals surface area contributed by atoms with Crippen LogP contribution < -0.4 is 20.7 Å². The van der Waals surface area contributed by atoms with Gasteiger partial charge in [0.15, 0.2) is 25.2 Å². The summed E-state index contributed by atoms with van der Waals surface area (Å²) in [5.74, 6) is 0.629. The number of rotatable bonds is 7. The maximum atomic E-state index is 5.53. The van der Waals surface area contributed by atoms with Gasteiger partial charge in [-0.2, -0.15) is 0 Å². The molecule has 15 aromatic rings. The van der Waals surface area contributed by atoms with Crippen LogP contribution >= 0.6 is 0 Å². The predicted molar refractivity (Wildman–Crippen MR) is 326 cm³/mol. The third kappa shape index (κ3) is 7.03. The molecule has 0 aliphatic carbocycles. The molecule has 362 valence electrons. The lowest BCUT2D eigenvalue weighted by Gasteiger charge is -2.34. The highest BCUT2D eigenvalue weighted by molar-refractivity contribution is 7.19. The van der Waals surface area contributed by atoms with Crippen molar-refractivity contribution in [3.8, 4) is 22.8 Å². The van der Waals surface area contributed by atoms with Crippen LogP contribution in [0.3, 0.4) is 0 Å². The molecule has 4 bridgehead atoms. The molecular formula is C71H49N5Si. The van der Waals surface area contributed by atoms with Crippen molar-refractivity contribution < 1.29 is 0 Å². The highest BCUT2D eigenvalue weighted by atomic mass is 28.3. The van der Waals surface area contributed by atoms with Crippen LogP contribution in [0.2, 0.25) is 0 Å². The molecule has 0 saturated heterocycles. The van der Waals surface area contributed by atoms with Gasteiger partial charge in [0.25, 0.3) is 0 Å². The number of fused-ring (bicyclic) bond motifs is 17. The van der Waals surface area contributed by atoms with E-state index in [4.69, 9.17) is 15.0 Å². The molecule has 6 heteroatoms. The van der Waals surface area contributed by atoms with Crippen molar-refractivity contribution in [2.45, 2.75) is 13.8 Å². The maximum Gasteiger partial charge on any atom is 0.179 e. The maximum absolute atomic E-state index is 5.53. The van der Waals surface area contributed by atoms with Crippen LogP contribution in [0.5, 0.6) is 0 Å². The van der Waals surface area contributed by atoms with Gasteiger partial charge in [0, 0.05) is 54.6 Å². The van der Waals surface area contributed by atoms with E-state index in [1.807, 2.05) is 0 Å². The first kappa shape index (κ1) is 44.7. The second-order valence-corrected chi connectivity index (χ2v) is 24.3. The predicted octanol–water partition coefficient (Wildman–Crippen LogP) is 14.9. The standard InChI is InChI=1S/C71H49N5Si/c1-46-34-38-65-61(40-46)62-41-47(2)35-39-66(62)75(65)51-36-37-58-64-44-49-43-63(68(64)76(67(58)45-51)50-21-7-3-8-22-50)57-31-16-18-33-60(57)71-73-69(72-70(74-71)59-32-17-15-30-56(49)59)48-20-19-29-55(42-48)77(52-23-9-4-10-24-52,53-25-11-5-12-26-53)54-27-13-6-14-28-54/h3-45H,1-2H3. The van der Waals surface area contributed by atoms with Crippen LogP contribution in [0, 0.1) is 13.8 Å². The Kier molecular flexibility index (Phi) is 10.3. The van der Waals surface area contributed by atoms with Crippen molar-refractivity contribution in [1.29, 1.82) is 0 Å². The van der Waals surface area contributed by atoms with Gasteiger partial charge in [0.05, 0.1) is 22.1 Å². The van der Waals surface area contributed by atoms with Gasteiger partial charge in [-0.1, -0.05) is 211 Å². The zero-order chi connectivity index (χ0) is 51.2. The van der Waals surface area contributed by atoms with Crippen molar-refractivity contribution in [3.05, 3.63) is 272 Å². The Bertz CT molecular complexity index is 4720. The van der Waals surface area contributed by atoms with Crippen LogP contribution in [0.15, 0.2) is 261 Å². The highest BCUT2D eigenvalue weighted by Crippen LogP contribution is 2.42. The quantitative estimate of drug-likeness (QED) is 0.118. The first-order valence-corrected chi connectivity index (χ1v) is 28.4. The Hall–Kier alpha value is -9.75. The zero-order valence-corrected chi connectivity index (χ0v) is 43.6.